The summed E-state index contributed by atoms with van der Waals surface area (Å²) in [5.74, 6) is 0. The second-order valence-corrected chi connectivity index (χ2v) is 12.1. The lowest BCUT2D eigenvalue weighted by atomic mass is 9.89. The smallest absolute Gasteiger partial charge is 0.146 e. The van der Waals surface area contributed by atoms with Crippen LogP contribution in [-0.2, 0) is 22.4 Å². The van der Waals surface area contributed by atoms with Crippen molar-refractivity contribution in [2.24, 2.45) is 0 Å². The number of imidazole rings is 2. The third-order valence-electron chi connectivity index (χ3n) is 6.83. The van der Waals surface area contributed by atoms with Gasteiger partial charge in [-0.2, -0.15) is 0 Å². The molecule has 3 aromatic heterocycles. The summed E-state index contributed by atoms with van der Waals surface area (Å²) in [5.41, 5.74) is 9.39. The molecule has 3 aromatic carbocycles. The van der Waals surface area contributed by atoms with Crippen LogP contribution in [0.2, 0.25) is 0 Å². The van der Waals surface area contributed by atoms with E-state index in [4.69, 9.17) is 4.98 Å². The molecule has 1 aliphatic rings. The molecule has 2 unspecified atom stereocenters. The third kappa shape index (κ3) is 4.04. The van der Waals surface area contributed by atoms with Crippen molar-refractivity contribution in [2.45, 2.75) is 12.8 Å². The van der Waals surface area contributed by atoms with E-state index in [2.05, 4.69) is 69.5 Å². The van der Waals surface area contributed by atoms with E-state index < -0.39 is 0 Å². The Morgan fingerprint density at radius 3 is 2.49 bits per heavy atom. The zero-order valence-electron chi connectivity index (χ0n) is 19.5. The number of aromatic amines is 2. The van der Waals surface area contributed by atoms with Crippen LogP contribution in [-0.4, -0.2) is 32.0 Å². The first-order chi connectivity index (χ1) is 18.2. The van der Waals surface area contributed by atoms with Gasteiger partial charge in [-0.25, -0.2) is 9.97 Å². The van der Waals surface area contributed by atoms with Gasteiger partial charge >= 0.3 is 0 Å². The number of nitrogens with zero attached hydrogens (tertiary/aromatic N) is 2. The molecule has 0 spiro atoms. The van der Waals surface area contributed by atoms with Gasteiger partial charge in [0.15, 0.2) is 0 Å². The zero-order valence-corrected chi connectivity index (χ0v) is 22.3. The van der Waals surface area contributed by atoms with Gasteiger partial charge in [-0.05, 0) is 70.0 Å². The van der Waals surface area contributed by atoms with E-state index in [-0.39, 0.29) is 17.2 Å². The number of carbonyl (C=O) groups excluding carboxylic acids is 2. The van der Waals surface area contributed by atoms with Crippen molar-refractivity contribution >= 4 is 72.5 Å². The lowest BCUT2D eigenvalue weighted by Gasteiger charge is -2.16. The summed E-state index contributed by atoms with van der Waals surface area (Å²) in [5, 5.41) is 3.60. The summed E-state index contributed by atoms with van der Waals surface area (Å²) in [6.07, 6.45) is 3.67. The van der Waals surface area contributed by atoms with Gasteiger partial charge in [0.05, 0.1) is 22.5 Å². The Labute approximate surface area is 219 Å². The molecule has 2 atom stereocenters. The molecule has 6 nitrogen and oxygen atoms in total. The highest BCUT2D eigenvalue weighted by Crippen LogP contribution is 2.38. The molecule has 0 saturated carbocycles. The van der Waals surface area contributed by atoms with E-state index in [0.29, 0.717) is 5.57 Å². The van der Waals surface area contributed by atoms with E-state index in [1.807, 2.05) is 0 Å². The van der Waals surface area contributed by atoms with E-state index in [1.54, 1.807) is 17.5 Å². The normalized spacial score (nSPS) is 13.2. The van der Waals surface area contributed by atoms with Crippen LogP contribution in [0.1, 0.15) is 11.3 Å². The van der Waals surface area contributed by atoms with Crippen molar-refractivity contribution in [3.63, 3.8) is 0 Å². The van der Waals surface area contributed by atoms with Crippen molar-refractivity contribution in [1.82, 2.24) is 19.9 Å². The number of carbonyl (C=O) groups is 2. The fourth-order valence-electron chi connectivity index (χ4n) is 5.07. The number of rotatable bonds is 6. The van der Waals surface area contributed by atoms with Crippen LogP contribution >= 0.6 is 28.5 Å². The maximum atomic E-state index is 11.0. The molecular formula is C28H20N4O2P2S. The number of thiophene rings is 1. The maximum Gasteiger partial charge on any atom is 0.146 e. The topological polar surface area (TPSA) is 91.5 Å². The molecule has 9 heteroatoms. The number of hydrogen-bond donors (Lipinski definition) is 2. The summed E-state index contributed by atoms with van der Waals surface area (Å²) in [6, 6.07) is 21.7. The number of benzene rings is 3. The number of nitrogens with one attached hydrogen (secondary N) is 2. The lowest BCUT2D eigenvalue weighted by Crippen LogP contribution is -2.03. The van der Waals surface area contributed by atoms with Gasteiger partial charge in [0, 0.05) is 33.1 Å². The van der Waals surface area contributed by atoms with Crippen molar-refractivity contribution in [3.05, 3.63) is 72.1 Å². The fourth-order valence-corrected chi connectivity index (χ4v) is 7.10. The molecule has 3 heterocycles. The number of aromatic nitrogens is 4. The summed E-state index contributed by atoms with van der Waals surface area (Å²) in [6.45, 7) is 0. The Hall–Kier alpha value is -3.50. The Kier molecular flexibility index (Phi) is 5.58. The van der Waals surface area contributed by atoms with Gasteiger partial charge < -0.3 is 9.97 Å². The lowest BCUT2D eigenvalue weighted by molar-refractivity contribution is 0.569. The number of fused-ring (bicyclic) bond motifs is 5. The quantitative estimate of drug-likeness (QED) is 0.214. The van der Waals surface area contributed by atoms with Gasteiger partial charge in [0.25, 0.3) is 0 Å². The maximum absolute atomic E-state index is 11.0. The van der Waals surface area contributed by atoms with Gasteiger partial charge in [0.2, 0.25) is 0 Å². The van der Waals surface area contributed by atoms with Gasteiger partial charge in [-0.15, -0.1) is 11.3 Å². The fraction of sp³-hybridized carbons (Fsp3) is 0.0714. The summed E-state index contributed by atoms with van der Waals surface area (Å²) in [4.78, 5) is 38.5. The highest BCUT2D eigenvalue weighted by molar-refractivity contribution is 7.62. The van der Waals surface area contributed by atoms with Crippen LogP contribution in [0.4, 0.5) is 0 Å². The second-order valence-electron chi connectivity index (χ2n) is 9.02. The highest BCUT2D eigenvalue weighted by atomic mass is 32.1. The second kappa shape index (κ2) is 9.11. The predicted molar refractivity (Wildman–Crippen MR) is 157 cm³/mol. The molecule has 2 N–H and O–H groups in total. The number of hydrogen-bond acceptors (Lipinski definition) is 5. The van der Waals surface area contributed by atoms with Gasteiger partial charge in [-0.3, -0.25) is 9.59 Å². The Morgan fingerprint density at radius 2 is 1.62 bits per heavy atom. The van der Waals surface area contributed by atoms with E-state index in [1.165, 1.54) is 43.1 Å². The minimum Gasteiger partial charge on any atom is -0.341 e. The molecule has 180 valence electrons. The molecule has 7 rings (SSSR count). The van der Waals surface area contributed by atoms with E-state index in [9.17, 15) is 9.59 Å². The summed E-state index contributed by atoms with van der Waals surface area (Å²) >= 11 is 1.72. The molecular weight excluding hydrogens is 518 g/mol. The van der Waals surface area contributed by atoms with E-state index in [0.717, 1.165) is 52.4 Å². The standard InChI is InChI=1S/C28H20N4O2P2S/c33-13-35-27-29-12-23(31-27)25-11-19-4-3-17(10-24(19)37-25)15-1-2-16-9-21-18(8-20(16)7-15)5-6-22-26(21)32-28(30-22)36-14-34/h1-4,7-14,35-36H,5-6H2,(H,29,31)(H,30,32). The molecule has 0 amide bonds. The van der Waals surface area contributed by atoms with Crippen molar-refractivity contribution in [1.29, 1.82) is 0 Å². The molecule has 6 aromatic rings. The monoisotopic (exact) mass is 538 g/mol. The average molecular weight is 539 g/mol. The number of H-pyrrole nitrogens is 2. The Morgan fingerprint density at radius 1 is 0.811 bits per heavy atom. The van der Waals surface area contributed by atoms with Crippen LogP contribution < -0.4 is 11.1 Å². The third-order valence-corrected chi connectivity index (χ3v) is 9.23. The average Bonchev–Trinajstić information content (AvgIpc) is 3.65. The molecule has 0 bridgehead atoms. The predicted octanol–water partition coefficient (Wildman–Crippen LogP) is 5.59. The minimum absolute atomic E-state index is 0.0462. The largest absolute Gasteiger partial charge is 0.341 e. The van der Waals surface area contributed by atoms with Gasteiger partial charge in [0.1, 0.15) is 23.2 Å². The van der Waals surface area contributed by atoms with Crippen LogP contribution in [0.25, 0.3) is 53.8 Å². The van der Waals surface area contributed by atoms with Crippen LogP contribution in [0.5, 0.6) is 0 Å². The SMILES string of the molecule is O=CPc1ncc(-c2cc3ccc(-c4ccc5cc6c(cc5c4)CCc4[nH]c(PC=O)nc4-6)cc3s2)[nH]1. The first-order valence-corrected chi connectivity index (χ1v) is 14.8. The highest BCUT2D eigenvalue weighted by Gasteiger charge is 2.21. The van der Waals surface area contributed by atoms with Crippen LogP contribution in [0.3, 0.4) is 0 Å². The molecule has 0 saturated heterocycles. The summed E-state index contributed by atoms with van der Waals surface area (Å²) in [7, 11) is 0.108. The Bertz CT molecular complexity index is 1850. The van der Waals surface area contributed by atoms with Gasteiger partial charge in [-0.1, -0.05) is 30.3 Å². The molecule has 0 radical (unpaired) electrons. The van der Waals surface area contributed by atoms with E-state index >= 15 is 0 Å². The molecule has 37 heavy (non-hydrogen) atoms. The van der Waals surface area contributed by atoms with Crippen molar-refractivity contribution < 1.29 is 9.59 Å². The first kappa shape index (κ1) is 22.7. The molecule has 1 aliphatic carbocycles. The van der Waals surface area contributed by atoms with Crippen LogP contribution in [0.15, 0.2) is 60.8 Å². The van der Waals surface area contributed by atoms with Crippen molar-refractivity contribution in [3.8, 4) is 33.0 Å². The van der Waals surface area contributed by atoms with Crippen molar-refractivity contribution in [2.75, 3.05) is 0 Å². The molecule has 0 aliphatic heterocycles. The van der Waals surface area contributed by atoms with Crippen LogP contribution in [0, 0.1) is 0 Å². The zero-order chi connectivity index (χ0) is 24.9. The summed E-state index contributed by atoms with van der Waals surface area (Å²) < 4.78 is 1.21. The number of aryl methyl sites for hydroxylation is 2. The minimum atomic E-state index is 0.0462. The first-order valence-electron chi connectivity index (χ1n) is 11.8. The Balaban J connectivity index is 1.24. The molecule has 0 fully saturated rings.